The summed E-state index contributed by atoms with van der Waals surface area (Å²) in [6.45, 7) is 3.89. The van der Waals surface area contributed by atoms with Crippen LogP contribution in [0.3, 0.4) is 0 Å². The van der Waals surface area contributed by atoms with Crippen LogP contribution in [0.5, 0.6) is 5.75 Å². The lowest BCUT2D eigenvalue weighted by atomic mass is 9.97. The predicted octanol–water partition coefficient (Wildman–Crippen LogP) is 4.30. The first kappa shape index (κ1) is 15.0. The van der Waals surface area contributed by atoms with Crippen molar-refractivity contribution < 1.29 is 14.2 Å². The Kier molecular flexibility index (Phi) is 4.45. The first-order valence-corrected chi connectivity index (χ1v) is 7.01. The van der Waals surface area contributed by atoms with Gasteiger partial charge >= 0.3 is 0 Å². The standard InChI is InChI=1S/C16H16BrFO2/c1-9-6-10(2)8-11(7-9)15(19)12-4-5-13(17)16(20-3)14(12)18/h4-8,15,19H,1-3H3. The molecule has 1 atom stereocenters. The number of aryl methyl sites for hydroxylation is 2. The third-order valence-electron chi connectivity index (χ3n) is 3.14. The van der Waals surface area contributed by atoms with Crippen molar-refractivity contribution >= 4 is 15.9 Å². The maximum absolute atomic E-state index is 14.4. The Morgan fingerprint density at radius 2 is 1.75 bits per heavy atom. The minimum absolute atomic E-state index is 0.103. The molecular formula is C16H16BrFO2. The van der Waals surface area contributed by atoms with Crippen molar-refractivity contribution in [3.63, 3.8) is 0 Å². The van der Waals surface area contributed by atoms with Gasteiger partial charge in [0, 0.05) is 5.56 Å². The third-order valence-corrected chi connectivity index (χ3v) is 3.76. The summed E-state index contributed by atoms with van der Waals surface area (Å²) in [6, 6.07) is 8.94. The second-order valence-electron chi connectivity index (χ2n) is 4.81. The van der Waals surface area contributed by atoms with E-state index in [4.69, 9.17) is 4.74 Å². The number of aliphatic hydroxyl groups is 1. The average Bonchev–Trinajstić information content (AvgIpc) is 2.37. The van der Waals surface area contributed by atoms with Crippen molar-refractivity contribution in [2.45, 2.75) is 20.0 Å². The number of aliphatic hydroxyl groups excluding tert-OH is 1. The van der Waals surface area contributed by atoms with Crippen LogP contribution in [0.4, 0.5) is 4.39 Å². The highest BCUT2D eigenvalue weighted by molar-refractivity contribution is 9.10. The van der Waals surface area contributed by atoms with Crippen LogP contribution in [0.2, 0.25) is 0 Å². The van der Waals surface area contributed by atoms with Crippen LogP contribution in [0, 0.1) is 19.7 Å². The van der Waals surface area contributed by atoms with Gasteiger partial charge in [-0.3, -0.25) is 0 Å². The first-order valence-electron chi connectivity index (χ1n) is 6.22. The number of halogens is 2. The van der Waals surface area contributed by atoms with Gasteiger partial charge < -0.3 is 9.84 Å². The van der Waals surface area contributed by atoms with Crippen LogP contribution in [0.1, 0.15) is 28.4 Å². The van der Waals surface area contributed by atoms with Crippen LogP contribution < -0.4 is 4.74 Å². The number of ether oxygens (including phenoxy) is 1. The smallest absolute Gasteiger partial charge is 0.172 e. The lowest BCUT2D eigenvalue weighted by Gasteiger charge is -2.16. The first-order chi connectivity index (χ1) is 9.43. The normalized spacial score (nSPS) is 12.3. The molecule has 0 aliphatic carbocycles. The van der Waals surface area contributed by atoms with Crippen molar-refractivity contribution in [3.05, 3.63) is 62.9 Å². The molecule has 106 valence electrons. The van der Waals surface area contributed by atoms with E-state index >= 15 is 0 Å². The summed E-state index contributed by atoms with van der Waals surface area (Å²) in [4.78, 5) is 0. The second-order valence-corrected chi connectivity index (χ2v) is 5.66. The highest BCUT2D eigenvalue weighted by Crippen LogP contribution is 2.35. The van der Waals surface area contributed by atoms with E-state index in [1.54, 1.807) is 12.1 Å². The van der Waals surface area contributed by atoms with Crippen LogP contribution in [-0.4, -0.2) is 12.2 Å². The number of hydrogen-bond donors (Lipinski definition) is 1. The van der Waals surface area contributed by atoms with Crippen molar-refractivity contribution in [3.8, 4) is 5.75 Å². The molecule has 0 saturated carbocycles. The summed E-state index contributed by atoms with van der Waals surface area (Å²) in [7, 11) is 1.40. The van der Waals surface area contributed by atoms with Crippen molar-refractivity contribution in [1.29, 1.82) is 0 Å². The van der Waals surface area contributed by atoms with Gasteiger partial charge in [0.1, 0.15) is 6.10 Å². The third kappa shape index (κ3) is 2.86. The molecule has 0 aromatic heterocycles. The Morgan fingerprint density at radius 1 is 1.15 bits per heavy atom. The van der Waals surface area contributed by atoms with Crippen molar-refractivity contribution in [1.82, 2.24) is 0 Å². The van der Waals surface area contributed by atoms with Gasteiger partial charge in [0.25, 0.3) is 0 Å². The Bertz CT molecular complexity index is 620. The molecular weight excluding hydrogens is 323 g/mol. The molecule has 2 aromatic rings. The molecule has 2 nitrogen and oxygen atoms in total. The molecule has 2 aromatic carbocycles. The van der Waals surface area contributed by atoms with Crippen LogP contribution in [-0.2, 0) is 0 Å². The lowest BCUT2D eigenvalue weighted by molar-refractivity contribution is 0.213. The maximum Gasteiger partial charge on any atom is 0.172 e. The minimum Gasteiger partial charge on any atom is -0.492 e. The molecule has 0 aliphatic rings. The molecule has 0 spiro atoms. The summed E-state index contributed by atoms with van der Waals surface area (Å²) in [5, 5.41) is 10.4. The predicted molar refractivity (Wildman–Crippen MR) is 80.6 cm³/mol. The number of methoxy groups -OCH3 is 1. The minimum atomic E-state index is -1.02. The summed E-state index contributed by atoms with van der Waals surface area (Å²) < 4.78 is 19.9. The van der Waals surface area contributed by atoms with E-state index in [0.29, 0.717) is 10.0 Å². The van der Waals surface area contributed by atoms with E-state index in [9.17, 15) is 9.50 Å². The summed E-state index contributed by atoms with van der Waals surface area (Å²) >= 11 is 3.22. The molecule has 0 saturated heterocycles. The number of benzene rings is 2. The molecule has 20 heavy (non-hydrogen) atoms. The van der Waals surface area contributed by atoms with Gasteiger partial charge in [-0.25, -0.2) is 4.39 Å². The van der Waals surface area contributed by atoms with Gasteiger partial charge in [-0.15, -0.1) is 0 Å². The van der Waals surface area contributed by atoms with E-state index < -0.39 is 11.9 Å². The molecule has 1 N–H and O–H groups in total. The molecule has 0 bridgehead atoms. The molecule has 4 heteroatoms. The van der Waals surface area contributed by atoms with Gasteiger partial charge in [-0.1, -0.05) is 35.4 Å². The Hall–Kier alpha value is -1.39. The van der Waals surface area contributed by atoms with E-state index in [2.05, 4.69) is 15.9 Å². The summed E-state index contributed by atoms with van der Waals surface area (Å²) in [5.41, 5.74) is 2.94. The van der Waals surface area contributed by atoms with Gasteiger partial charge in [0.2, 0.25) is 0 Å². The van der Waals surface area contributed by atoms with Gasteiger partial charge in [-0.05, 0) is 41.4 Å². The van der Waals surface area contributed by atoms with E-state index in [0.717, 1.165) is 11.1 Å². The molecule has 0 aliphatic heterocycles. The molecule has 2 rings (SSSR count). The molecule has 0 fully saturated rings. The summed E-state index contributed by atoms with van der Waals surface area (Å²) in [6.07, 6.45) is -1.02. The largest absolute Gasteiger partial charge is 0.492 e. The van der Waals surface area contributed by atoms with E-state index in [-0.39, 0.29) is 11.3 Å². The maximum atomic E-state index is 14.4. The van der Waals surface area contributed by atoms with Gasteiger partial charge in [0.05, 0.1) is 11.6 Å². The fourth-order valence-electron chi connectivity index (χ4n) is 2.29. The fourth-order valence-corrected chi connectivity index (χ4v) is 2.76. The van der Waals surface area contributed by atoms with E-state index in [1.807, 2.05) is 32.0 Å². The number of hydrogen-bond acceptors (Lipinski definition) is 2. The second kappa shape index (κ2) is 5.94. The van der Waals surface area contributed by atoms with Crippen LogP contribution >= 0.6 is 15.9 Å². The van der Waals surface area contributed by atoms with Crippen LogP contribution in [0.15, 0.2) is 34.8 Å². The molecule has 1 unspecified atom stereocenters. The monoisotopic (exact) mass is 338 g/mol. The van der Waals surface area contributed by atoms with E-state index in [1.165, 1.54) is 7.11 Å². The van der Waals surface area contributed by atoms with Crippen molar-refractivity contribution in [2.75, 3.05) is 7.11 Å². The van der Waals surface area contributed by atoms with Gasteiger partial charge in [0.15, 0.2) is 11.6 Å². The summed E-state index contributed by atoms with van der Waals surface area (Å²) in [5.74, 6) is -0.445. The highest BCUT2D eigenvalue weighted by Gasteiger charge is 2.20. The highest BCUT2D eigenvalue weighted by atomic mass is 79.9. The van der Waals surface area contributed by atoms with Crippen LogP contribution in [0.25, 0.3) is 0 Å². The molecule has 0 heterocycles. The van der Waals surface area contributed by atoms with Crippen molar-refractivity contribution in [2.24, 2.45) is 0 Å². The Labute approximate surface area is 126 Å². The lowest BCUT2D eigenvalue weighted by Crippen LogP contribution is -2.05. The zero-order valence-electron chi connectivity index (χ0n) is 11.6. The molecule has 0 amide bonds. The zero-order valence-corrected chi connectivity index (χ0v) is 13.2. The SMILES string of the molecule is COc1c(Br)ccc(C(O)c2cc(C)cc(C)c2)c1F. The average molecular weight is 339 g/mol. The Balaban J connectivity index is 2.50. The fraction of sp³-hybridized carbons (Fsp3) is 0.250. The Morgan fingerprint density at radius 3 is 2.30 bits per heavy atom. The topological polar surface area (TPSA) is 29.5 Å². The molecule has 0 radical (unpaired) electrons. The zero-order chi connectivity index (χ0) is 14.9. The quantitative estimate of drug-likeness (QED) is 0.904. The number of rotatable bonds is 3. The van der Waals surface area contributed by atoms with Gasteiger partial charge in [-0.2, -0.15) is 0 Å².